The average molecular weight is 627 g/mol. The first kappa shape index (κ1) is 32.3. The quantitative estimate of drug-likeness (QED) is 0.167. The second-order valence-electron chi connectivity index (χ2n) is 10.9. The van der Waals surface area contributed by atoms with E-state index in [4.69, 9.17) is 4.74 Å². The number of nitrogens with one attached hydrogen (secondary N) is 1. The van der Waals surface area contributed by atoms with Crippen LogP contribution in [0.3, 0.4) is 0 Å². The number of hydrogen-bond acceptors (Lipinski definition) is 8. The topological polar surface area (TPSA) is 144 Å². The predicted octanol–water partition coefficient (Wildman–Crippen LogP) is 5.89. The van der Waals surface area contributed by atoms with Crippen molar-refractivity contribution in [2.24, 2.45) is 0 Å². The standard InChI is InChI=1S/C31H38N4O6S2/c1-7-11-26-32-28(31(5,6)38)27(30(36)37)35(26)17-21-14-15-23(22(16-21)18-41-8-2)24-12-9-10-13-25(24)43(39,40)34-29-19(3)20(4)42-33-29/h9-10,12-16,38H,7-8,11,17-18H2,1-6H3,(H,33,34)(H,36,37). The Kier molecular flexibility index (Phi) is 9.75. The molecule has 2 heterocycles. The number of nitrogens with zero attached hydrogens (tertiary/aromatic N) is 3. The van der Waals surface area contributed by atoms with Crippen LogP contribution in [-0.4, -0.2) is 45.1 Å². The number of benzene rings is 2. The van der Waals surface area contributed by atoms with Crippen molar-refractivity contribution in [3.8, 4) is 11.1 Å². The number of sulfonamides is 1. The van der Waals surface area contributed by atoms with Gasteiger partial charge in [-0.15, -0.1) is 0 Å². The van der Waals surface area contributed by atoms with E-state index in [1.54, 1.807) is 28.8 Å². The molecule has 4 rings (SSSR count). The summed E-state index contributed by atoms with van der Waals surface area (Å²) >= 11 is 1.24. The maximum atomic E-state index is 13.6. The van der Waals surface area contributed by atoms with Gasteiger partial charge in [-0.25, -0.2) is 18.2 Å². The van der Waals surface area contributed by atoms with Gasteiger partial charge in [-0.3, -0.25) is 4.72 Å². The number of hydrogen-bond donors (Lipinski definition) is 3. The zero-order valence-corrected chi connectivity index (χ0v) is 26.9. The summed E-state index contributed by atoms with van der Waals surface area (Å²) in [5, 5.41) is 20.8. The number of aromatic nitrogens is 3. The molecular weight excluding hydrogens is 588 g/mol. The molecule has 230 valence electrons. The number of aromatic carboxylic acids is 1. The summed E-state index contributed by atoms with van der Waals surface area (Å²) in [6.45, 7) is 11.5. The summed E-state index contributed by atoms with van der Waals surface area (Å²) in [5.41, 5.74) is 2.12. The van der Waals surface area contributed by atoms with Gasteiger partial charge in [0.05, 0.1) is 11.5 Å². The third-order valence-corrected chi connectivity index (χ3v) is 9.38. The highest BCUT2D eigenvalue weighted by Gasteiger charge is 2.31. The van der Waals surface area contributed by atoms with Gasteiger partial charge < -0.3 is 19.5 Å². The Bertz CT molecular complexity index is 1740. The van der Waals surface area contributed by atoms with Gasteiger partial charge in [0.25, 0.3) is 10.0 Å². The number of aliphatic hydroxyl groups is 1. The average Bonchev–Trinajstić information content (AvgIpc) is 3.47. The first-order valence-corrected chi connectivity index (χ1v) is 16.3. The molecule has 0 radical (unpaired) electrons. The van der Waals surface area contributed by atoms with Gasteiger partial charge in [-0.1, -0.05) is 43.3 Å². The van der Waals surface area contributed by atoms with Crippen molar-refractivity contribution in [3.05, 3.63) is 81.2 Å². The van der Waals surface area contributed by atoms with Crippen molar-refractivity contribution in [2.75, 3.05) is 11.3 Å². The highest BCUT2D eigenvalue weighted by Crippen LogP contribution is 2.34. The fourth-order valence-electron chi connectivity index (χ4n) is 4.87. The summed E-state index contributed by atoms with van der Waals surface area (Å²) in [6, 6.07) is 12.4. The zero-order valence-electron chi connectivity index (χ0n) is 25.3. The van der Waals surface area contributed by atoms with E-state index in [-0.39, 0.29) is 29.4 Å². The molecule has 0 bridgehead atoms. The zero-order chi connectivity index (χ0) is 31.5. The summed E-state index contributed by atoms with van der Waals surface area (Å²) in [7, 11) is -3.98. The van der Waals surface area contributed by atoms with Gasteiger partial charge >= 0.3 is 5.97 Å². The molecule has 0 atom stereocenters. The Balaban J connectivity index is 1.81. The highest BCUT2D eigenvalue weighted by molar-refractivity contribution is 7.92. The molecule has 0 aliphatic carbocycles. The predicted molar refractivity (Wildman–Crippen MR) is 167 cm³/mol. The van der Waals surface area contributed by atoms with Gasteiger partial charge in [0.2, 0.25) is 0 Å². The molecule has 12 heteroatoms. The second-order valence-corrected chi connectivity index (χ2v) is 13.5. The van der Waals surface area contributed by atoms with Crippen LogP contribution < -0.4 is 4.72 Å². The number of carboxylic acid groups (broad SMARTS) is 1. The van der Waals surface area contributed by atoms with E-state index >= 15 is 0 Å². The van der Waals surface area contributed by atoms with Crippen LogP contribution in [0.5, 0.6) is 0 Å². The largest absolute Gasteiger partial charge is 0.477 e. The first-order valence-electron chi connectivity index (χ1n) is 14.1. The number of carbonyl (C=O) groups is 1. The Morgan fingerprint density at radius 2 is 1.84 bits per heavy atom. The summed E-state index contributed by atoms with van der Waals surface area (Å²) in [5.74, 6) is -0.289. The van der Waals surface area contributed by atoms with Gasteiger partial charge in [0.1, 0.15) is 17.1 Å². The molecule has 0 spiro atoms. The van der Waals surface area contributed by atoms with Crippen LogP contribution in [0.15, 0.2) is 47.4 Å². The molecule has 2 aromatic carbocycles. The van der Waals surface area contributed by atoms with E-state index < -0.39 is 21.6 Å². The number of anilines is 1. The lowest BCUT2D eigenvalue weighted by atomic mass is 9.97. The maximum absolute atomic E-state index is 13.6. The lowest BCUT2D eigenvalue weighted by Gasteiger charge is -2.18. The highest BCUT2D eigenvalue weighted by atomic mass is 32.2. The molecule has 3 N–H and O–H groups in total. The third kappa shape index (κ3) is 6.98. The lowest BCUT2D eigenvalue weighted by Crippen LogP contribution is -2.22. The van der Waals surface area contributed by atoms with E-state index in [2.05, 4.69) is 14.1 Å². The maximum Gasteiger partial charge on any atom is 0.354 e. The Morgan fingerprint density at radius 1 is 1.12 bits per heavy atom. The van der Waals surface area contributed by atoms with Crippen molar-refractivity contribution in [1.82, 2.24) is 13.9 Å². The van der Waals surface area contributed by atoms with Crippen LogP contribution in [0.1, 0.15) is 77.7 Å². The molecule has 0 saturated heterocycles. The summed E-state index contributed by atoms with van der Waals surface area (Å²) in [4.78, 5) is 17.9. The monoisotopic (exact) mass is 626 g/mol. The van der Waals surface area contributed by atoms with Gasteiger partial charge in [0.15, 0.2) is 11.5 Å². The molecule has 0 fully saturated rings. The fourth-order valence-corrected chi connectivity index (χ4v) is 6.86. The van der Waals surface area contributed by atoms with Crippen LogP contribution in [0.2, 0.25) is 0 Å². The van der Waals surface area contributed by atoms with Crippen molar-refractivity contribution in [3.63, 3.8) is 0 Å². The van der Waals surface area contributed by atoms with Crippen LogP contribution in [-0.2, 0) is 39.9 Å². The molecule has 0 aliphatic rings. The molecule has 4 aromatic rings. The minimum atomic E-state index is -3.98. The first-order chi connectivity index (χ1) is 20.3. The molecule has 0 saturated carbocycles. The Labute approximate surface area is 256 Å². The van der Waals surface area contributed by atoms with Crippen LogP contribution in [0.4, 0.5) is 5.82 Å². The minimum absolute atomic E-state index is 0.0542. The van der Waals surface area contributed by atoms with Crippen LogP contribution >= 0.6 is 11.5 Å². The number of carboxylic acids is 1. The molecule has 0 aliphatic heterocycles. The Morgan fingerprint density at radius 3 is 2.44 bits per heavy atom. The number of rotatable bonds is 13. The van der Waals surface area contributed by atoms with E-state index in [0.29, 0.717) is 35.8 Å². The number of ether oxygens (including phenoxy) is 1. The molecule has 43 heavy (non-hydrogen) atoms. The molecule has 10 nitrogen and oxygen atoms in total. The van der Waals surface area contributed by atoms with E-state index in [0.717, 1.165) is 28.0 Å². The molecule has 0 unspecified atom stereocenters. The SMILES string of the molecule is CCCc1nc(C(C)(C)O)c(C(=O)O)n1Cc1ccc(-c2ccccc2S(=O)(=O)Nc2nsc(C)c2C)c(COCC)c1. The van der Waals surface area contributed by atoms with Crippen molar-refractivity contribution >= 4 is 33.3 Å². The van der Waals surface area contributed by atoms with Crippen molar-refractivity contribution in [2.45, 2.75) is 78.0 Å². The van der Waals surface area contributed by atoms with E-state index in [1.165, 1.54) is 25.4 Å². The van der Waals surface area contributed by atoms with E-state index in [9.17, 15) is 23.4 Å². The Hall–Kier alpha value is -3.58. The fraction of sp³-hybridized carbons (Fsp3) is 0.387. The molecule has 2 aromatic heterocycles. The second kappa shape index (κ2) is 13.0. The number of aryl methyl sites for hydroxylation is 2. The van der Waals surface area contributed by atoms with Gasteiger partial charge in [-0.2, -0.15) is 4.37 Å². The molecule has 0 amide bonds. The smallest absolute Gasteiger partial charge is 0.354 e. The summed E-state index contributed by atoms with van der Waals surface area (Å²) < 4.78 is 41.5. The normalized spacial score (nSPS) is 12.1. The van der Waals surface area contributed by atoms with Crippen LogP contribution in [0, 0.1) is 13.8 Å². The van der Waals surface area contributed by atoms with Crippen molar-refractivity contribution in [1.29, 1.82) is 0 Å². The van der Waals surface area contributed by atoms with Gasteiger partial charge in [-0.05, 0) is 75.3 Å². The van der Waals surface area contributed by atoms with Crippen LogP contribution in [0.25, 0.3) is 11.1 Å². The van der Waals surface area contributed by atoms with Gasteiger partial charge in [0, 0.05) is 35.6 Å². The van der Waals surface area contributed by atoms with E-state index in [1.807, 2.05) is 45.9 Å². The minimum Gasteiger partial charge on any atom is -0.477 e. The molecular formula is C31H38N4O6S2. The number of imidazole rings is 1. The third-order valence-electron chi connectivity index (χ3n) is 7.13. The van der Waals surface area contributed by atoms with Crippen molar-refractivity contribution < 1.29 is 28.2 Å². The lowest BCUT2D eigenvalue weighted by molar-refractivity contribution is 0.0602. The summed E-state index contributed by atoms with van der Waals surface area (Å²) in [6.07, 6.45) is 1.28.